The van der Waals surface area contributed by atoms with Crippen molar-refractivity contribution in [1.82, 2.24) is 19.8 Å². The smallest absolute Gasteiger partial charge is 0.358 e. The molecule has 0 saturated heterocycles. The van der Waals surface area contributed by atoms with E-state index in [1.54, 1.807) is 6.07 Å². The van der Waals surface area contributed by atoms with Gasteiger partial charge >= 0.3 is 5.69 Å². The summed E-state index contributed by atoms with van der Waals surface area (Å²) in [5.41, 5.74) is 0.179. The van der Waals surface area contributed by atoms with E-state index < -0.39 is 0 Å². The molecule has 0 saturated carbocycles. The number of anilines is 1. The normalized spacial score (nSPS) is 12.9. The van der Waals surface area contributed by atoms with E-state index in [0.717, 1.165) is 18.8 Å². The van der Waals surface area contributed by atoms with Crippen LogP contribution in [0.15, 0.2) is 16.9 Å². The van der Waals surface area contributed by atoms with Crippen molar-refractivity contribution in [3.63, 3.8) is 0 Å². The Morgan fingerprint density at radius 3 is 3.06 bits per heavy atom. The third-order valence-electron chi connectivity index (χ3n) is 2.51. The van der Waals surface area contributed by atoms with E-state index in [2.05, 4.69) is 15.3 Å². The van der Waals surface area contributed by atoms with E-state index in [-0.39, 0.29) is 11.1 Å². The number of halogens is 1. The lowest BCUT2D eigenvalue weighted by Gasteiger charge is -2.18. The van der Waals surface area contributed by atoms with Crippen LogP contribution in [0.2, 0.25) is 0 Å². The van der Waals surface area contributed by atoms with Crippen molar-refractivity contribution in [2.24, 2.45) is 0 Å². The molecule has 0 aliphatic heterocycles. The Kier molecular flexibility index (Phi) is 3.33. The van der Waals surface area contributed by atoms with Crippen LogP contribution < -0.4 is 10.6 Å². The first kappa shape index (κ1) is 11.9. The molecule has 0 fully saturated rings. The molecule has 92 valence electrons. The number of hydrogen-bond acceptors (Lipinski definition) is 4. The topological polar surface area (TPSA) is 66.3 Å². The van der Waals surface area contributed by atoms with Gasteiger partial charge in [0.15, 0.2) is 5.65 Å². The number of rotatable bonds is 4. The van der Waals surface area contributed by atoms with Gasteiger partial charge in [-0.3, -0.25) is 0 Å². The lowest BCUT2D eigenvalue weighted by Crippen LogP contribution is -2.23. The zero-order valence-corrected chi connectivity index (χ0v) is 10.5. The van der Waals surface area contributed by atoms with Crippen molar-refractivity contribution in [1.29, 1.82) is 0 Å². The fourth-order valence-electron chi connectivity index (χ4n) is 1.48. The molecule has 1 atom stereocenters. The number of alkyl halides is 1. The van der Waals surface area contributed by atoms with E-state index in [1.165, 1.54) is 4.52 Å². The summed E-state index contributed by atoms with van der Waals surface area (Å²) in [7, 11) is 1.92. The molecule has 17 heavy (non-hydrogen) atoms. The monoisotopic (exact) mass is 255 g/mol. The second-order valence-electron chi connectivity index (χ2n) is 3.98. The second-order valence-corrected chi connectivity index (χ2v) is 4.73. The Balaban J connectivity index is 2.23. The molecule has 2 aromatic heterocycles. The maximum Gasteiger partial charge on any atom is 0.364 e. The van der Waals surface area contributed by atoms with Gasteiger partial charge in [0.25, 0.3) is 0 Å². The summed E-state index contributed by atoms with van der Waals surface area (Å²) in [5, 5.41) is 10.5. The molecule has 2 aromatic rings. The van der Waals surface area contributed by atoms with Gasteiger partial charge in [0.2, 0.25) is 0 Å². The van der Waals surface area contributed by atoms with E-state index in [9.17, 15) is 4.79 Å². The van der Waals surface area contributed by atoms with E-state index >= 15 is 0 Å². The summed E-state index contributed by atoms with van der Waals surface area (Å²) in [6.07, 6.45) is 0.859. The van der Waals surface area contributed by atoms with Gasteiger partial charge in [-0.2, -0.15) is 9.61 Å². The first-order valence-electron chi connectivity index (χ1n) is 5.37. The van der Waals surface area contributed by atoms with Gasteiger partial charge in [0.1, 0.15) is 5.82 Å². The lowest BCUT2D eigenvalue weighted by molar-refractivity contribution is 0.750. The fourth-order valence-corrected chi connectivity index (χ4v) is 1.58. The van der Waals surface area contributed by atoms with Crippen LogP contribution in [-0.2, 0) is 0 Å². The van der Waals surface area contributed by atoms with E-state index in [1.807, 2.05) is 24.9 Å². The van der Waals surface area contributed by atoms with Crippen LogP contribution in [0.1, 0.15) is 13.3 Å². The van der Waals surface area contributed by atoms with Gasteiger partial charge in [-0.25, -0.2) is 9.89 Å². The van der Waals surface area contributed by atoms with Gasteiger partial charge in [0.05, 0.1) is 0 Å². The molecule has 7 heteroatoms. The average Bonchev–Trinajstić information content (AvgIpc) is 2.67. The minimum absolute atomic E-state index is 0.123. The van der Waals surface area contributed by atoms with Crippen LogP contribution in [0.5, 0.6) is 0 Å². The molecule has 2 heterocycles. The highest BCUT2D eigenvalue weighted by Crippen LogP contribution is 2.10. The van der Waals surface area contributed by atoms with E-state index in [0.29, 0.717) is 5.65 Å². The molecule has 2 rings (SSSR count). The van der Waals surface area contributed by atoms with Crippen molar-refractivity contribution in [2.45, 2.75) is 18.7 Å². The van der Waals surface area contributed by atoms with Gasteiger partial charge in [-0.05, 0) is 25.5 Å². The highest BCUT2D eigenvalue weighted by molar-refractivity contribution is 6.20. The van der Waals surface area contributed by atoms with Crippen LogP contribution in [0.4, 0.5) is 5.82 Å². The molecule has 0 spiro atoms. The number of hydrogen-bond donors (Lipinski definition) is 1. The third kappa shape index (κ3) is 2.58. The number of aromatic amines is 1. The molecule has 0 bridgehead atoms. The summed E-state index contributed by atoms with van der Waals surface area (Å²) >= 11 is 5.89. The van der Waals surface area contributed by atoms with E-state index in [4.69, 9.17) is 11.6 Å². The zero-order chi connectivity index (χ0) is 12.4. The molecule has 6 nitrogen and oxygen atoms in total. The summed E-state index contributed by atoms with van der Waals surface area (Å²) in [6, 6.07) is 3.58. The van der Waals surface area contributed by atoms with Crippen LogP contribution in [-0.4, -0.2) is 38.8 Å². The molecule has 0 radical (unpaired) electrons. The molecule has 1 unspecified atom stereocenters. The van der Waals surface area contributed by atoms with Gasteiger partial charge in [0, 0.05) is 19.0 Å². The standard InChI is InChI=1S/C10H14ClN5O/c1-7(11)5-6-15(2)9-4-3-8-12-13-10(17)16(8)14-9/h3-4,7H,5-6H2,1-2H3,(H,13,17). The van der Waals surface area contributed by atoms with Gasteiger partial charge in [-0.1, -0.05) is 0 Å². The van der Waals surface area contributed by atoms with Crippen molar-refractivity contribution < 1.29 is 0 Å². The van der Waals surface area contributed by atoms with Gasteiger partial charge < -0.3 is 4.90 Å². The quantitative estimate of drug-likeness (QED) is 0.824. The third-order valence-corrected chi connectivity index (χ3v) is 2.73. The maximum atomic E-state index is 11.4. The molecule has 0 aliphatic carbocycles. The van der Waals surface area contributed by atoms with Crippen molar-refractivity contribution >= 4 is 23.1 Å². The fraction of sp³-hybridized carbons (Fsp3) is 0.500. The molecule has 0 amide bonds. The average molecular weight is 256 g/mol. The number of nitrogens with zero attached hydrogens (tertiary/aromatic N) is 4. The first-order valence-corrected chi connectivity index (χ1v) is 5.81. The molecule has 0 aromatic carbocycles. The molecule has 0 aliphatic rings. The van der Waals surface area contributed by atoms with Crippen molar-refractivity contribution in [2.75, 3.05) is 18.5 Å². The van der Waals surface area contributed by atoms with Crippen molar-refractivity contribution in [3.05, 3.63) is 22.6 Å². The minimum atomic E-state index is -0.332. The Morgan fingerprint density at radius 1 is 1.59 bits per heavy atom. The Hall–Kier alpha value is -1.56. The Bertz CT molecular complexity index is 561. The highest BCUT2D eigenvalue weighted by atomic mass is 35.5. The van der Waals surface area contributed by atoms with Crippen LogP contribution >= 0.6 is 11.6 Å². The molecule has 1 N–H and O–H groups in total. The van der Waals surface area contributed by atoms with Crippen molar-refractivity contribution in [3.8, 4) is 0 Å². The second kappa shape index (κ2) is 4.75. The summed E-state index contributed by atoms with van der Waals surface area (Å²) in [4.78, 5) is 13.3. The minimum Gasteiger partial charge on any atom is -0.358 e. The number of aromatic nitrogens is 4. The summed E-state index contributed by atoms with van der Waals surface area (Å²) in [5.74, 6) is 0.721. The Morgan fingerprint density at radius 2 is 2.35 bits per heavy atom. The van der Waals surface area contributed by atoms with Crippen LogP contribution in [0.3, 0.4) is 0 Å². The lowest BCUT2D eigenvalue weighted by atomic mass is 10.3. The maximum absolute atomic E-state index is 11.4. The molecular formula is C10H14ClN5O. The SMILES string of the molecule is CC(Cl)CCN(C)c1ccc2n[nH]c(=O)n2n1. The number of nitrogens with one attached hydrogen (secondary N) is 1. The zero-order valence-electron chi connectivity index (χ0n) is 9.72. The van der Waals surface area contributed by atoms with Crippen LogP contribution in [0, 0.1) is 0 Å². The van der Waals surface area contributed by atoms with Crippen LogP contribution in [0.25, 0.3) is 5.65 Å². The van der Waals surface area contributed by atoms with Gasteiger partial charge in [-0.15, -0.1) is 16.7 Å². The predicted molar refractivity (Wildman–Crippen MR) is 66.8 cm³/mol. The predicted octanol–water partition coefficient (Wildman–Crippen LogP) is 0.871. The number of H-pyrrole nitrogens is 1. The Labute approximate surface area is 103 Å². The highest BCUT2D eigenvalue weighted by Gasteiger charge is 2.07. The molecular weight excluding hydrogens is 242 g/mol. The summed E-state index contributed by atoms with van der Waals surface area (Å²) < 4.78 is 1.25. The largest absolute Gasteiger partial charge is 0.364 e. The first-order chi connectivity index (χ1) is 8.08. The number of fused-ring (bicyclic) bond motifs is 1. The summed E-state index contributed by atoms with van der Waals surface area (Å²) in [6.45, 7) is 2.74.